The molecule has 3 nitrogen and oxygen atoms in total. The Bertz CT molecular complexity index is 521. The minimum absolute atomic E-state index is 0.170. The third kappa shape index (κ3) is 2.49. The van der Waals surface area contributed by atoms with Crippen LogP contribution < -0.4 is 9.64 Å². The molecule has 0 atom stereocenters. The molecule has 2 rings (SSSR count). The lowest BCUT2D eigenvalue weighted by atomic mass is 10.1. The number of ether oxygens (including phenoxy) is 1. The van der Waals surface area contributed by atoms with Crippen molar-refractivity contribution in [3.8, 4) is 5.75 Å². The summed E-state index contributed by atoms with van der Waals surface area (Å²) in [5.41, 5.74) is 2.12. The van der Waals surface area contributed by atoms with Crippen LogP contribution >= 0.6 is 0 Å². The van der Waals surface area contributed by atoms with E-state index in [-0.39, 0.29) is 6.10 Å². The fraction of sp³-hybridized carbons (Fsp3) is 0.357. The van der Waals surface area contributed by atoms with Crippen molar-refractivity contribution in [2.45, 2.75) is 20.0 Å². The van der Waals surface area contributed by atoms with Gasteiger partial charge in [-0.2, -0.15) is 0 Å². The van der Waals surface area contributed by atoms with E-state index in [2.05, 4.69) is 22.0 Å². The van der Waals surface area contributed by atoms with Crippen molar-refractivity contribution >= 4 is 16.6 Å². The molecular weight excluding hydrogens is 212 g/mol. The number of pyridine rings is 1. The number of fused-ring (bicyclic) bond motifs is 1. The standard InChI is InChI=1S/C14H18N2O/c1-10(2)17-14-7-8-15-13-6-5-11(16(3)4)9-12(13)14/h5-10H,1-4H3. The number of aromatic nitrogens is 1. The molecule has 3 heteroatoms. The number of rotatable bonds is 3. The molecule has 0 bridgehead atoms. The highest BCUT2D eigenvalue weighted by Crippen LogP contribution is 2.28. The quantitative estimate of drug-likeness (QED) is 0.810. The van der Waals surface area contributed by atoms with Gasteiger partial charge in [0.1, 0.15) is 5.75 Å². The highest BCUT2D eigenvalue weighted by Gasteiger charge is 2.06. The van der Waals surface area contributed by atoms with Crippen molar-refractivity contribution in [2.75, 3.05) is 19.0 Å². The Morgan fingerprint density at radius 2 is 1.94 bits per heavy atom. The van der Waals surface area contributed by atoms with E-state index in [1.807, 2.05) is 40.1 Å². The zero-order valence-electron chi connectivity index (χ0n) is 10.8. The molecule has 0 fully saturated rings. The van der Waals surface area contributed by atoms with E-state index < -0.39 is 0 Å². The Morgan fingerprint density at radius 1 is 1.18 bits per heavy atom. The van der Waals surface area contributed by atoms with Gasteiger partial charge in [0, 0.05) is 31.4 Å². The van der Waals surface area contributed by atoms with Crippen LogP contribution in [0, 0.1) is 0 Å². The van der Waals surface area contributed by atoms with Gasteiger partial charge in [-0.3, -0.25) is 4.98 Å². The van der Waals surface area contributed by atoms with Gasteiger partial charge in [0.2, 0.25) is 0 Å². The van der Waals surface area contributed by atoms with E-state index >= 15 is 0 Å². The lowest BCUT2D eigenvalue weighted by Gasteiger charge is -2.15. The minimum atomic E-state index is 0.170. The van der Waals surface area contributed by atoms with Gasteiger partial charge in [-0.25, -0.2) is 0 Å². The van der Waals surface area contributed by atoms with Gasteiger partial charge in [0.25, 0.3) is 0 Å². The predicted molar refractivity (Wildman–Crippen MR) is 71.8 cm³/mol. The van der Waals surface area contributed by atoms with E-state index in [9.17, 15) is 0 Å². The van der Waals surface area contributed by atoms with Gasteiger partial charge in [0.15, 0.2) is 0 Å². The molecule has 0 aliphatic heterocycles. The van der Waals surface area contributed by atoms with Crippen LogP contribution in [0.2, 0.25) is 0 Å². The summed E-state index contributed by atoms with van der Waals surface area (Å²) in [7, 11) is 4.06. The smallest absolute Gasteiger partial charge is 0.130 e. The molecule has 0 spiro atoms. The van der Waals surface area contributed by atoms with Crippen LogP contribution in [-0.2, 0) is 0 Å². The molecule has 0 saturated carbocycles. The second-order valence-corrected chi connectivity index (χ2v) is 4.57. The first-order valence-electron chi connectivity index (χ1n) is 5.80. The molecule has 0 saturated heterocycles. The van der Waals surface area contributed by atoms with Gasteiger partial charge < -0.3 is 9.64 Å². The fourth-order valence-electron chi connectivity index (χ4n) is 1.74. The van der Waals surface area contributed by atoms with Crippen LogP contribution in [0.1, 0.15) is 13.8 Å². The number of hydrogen-bond acceptors (Lipinski definition) is 3. The first-order chi connectivity index (χ1) is 8.08. The molecule has 1 aromatic heterocycles. The van der Waals surface area contributed by atoms with E-state index in [0.717, 1.165) is 22.3 Å². The Morgan fingerprint density at radius 3 is 2.59 bits per heavy atom. The number of hydrogen-bond donors (Lipinski definition) is 0. The first kappa shape index (κ1) is 11.7. The Balaban J connectivity index is 2.55. The third-order valence-corrected chi connectivity index (χ3v) is 2.56. The molecule has 0 amide bonds. The van der Waals surface area contributed by atoms with Crippen molar-refractivity contribution in [3.05, 3.63) is 30.5 Å². The molecule has 0 aliphatic rings. The van der Waals surface area contributed by atoms with Crippen LogP contribution in [0.5, 0.6) is 5.75 Å². The molecule has 1 aromatic carbocycles. The van der Waals surface area contributed by atoms with E-state index in [4.69, 9.17) is 4.74 Å². The maximum Gasteiger partial charge on any atom is 0.130 e. The zero-order valence-corrected chi connectivity index (χ0v) is 10.8. The lowest BCUT2D eigenvalue weighted by Crippen LogP contribution is -2.09. The summed E-state index contributed by atoms with van der Waals surface area (Å²) in [5.74, 6) is 0.897. The average Bonchev–Trinajstić information content (AvgIpc) is 2.28. The molecule has 0 radical (unpaired) electrons. The third-order valence-electron chi connectivity index (χ3n) is 2.56. The summed E-state index contributed by atoms with van der Waals surface area (Å²) in [6.45, 7) is 4.06. The summed E-state index contributed by atoms with van der Waals surface area (Å²) in [4.78, 5) is 6.43. The SMILES string of the molecule is CC(C)Oc1ccnc2ccc(N(C)C)cc12. The van der Waals surface area contributed by atoms with E-state index in [0.29, 0.717) is 0 Å². The second-order valence-electron chi connectivity index (χ2n) is 4.57. The van der Waals surface area contributed by atoms with Gasteiger partial charge >= 0.3 is 0 Å². The Kier molecular flexibility index (Phi) is 3.18. The monoisotopic (exact) mass is 230 g/mol. The zero-order chi connectivity index (χ0) is 12.4. The van der Waals surface area contributed by atoms with Gasteiger partial charge in [-0.1, -0.05) is 0 Å². The van der Waals surface area contributed by atoms with E-state index in [1.54, 1.807) is 6.20 Å². The molecular formula is C14H18N2O. The lowest BCUT2D eigenvalue weighted by molar-refractivity contribution is 0.245. The topological polar surface area (TPSA) is 25.4 Å². The molecule has 0 aliphatic carbocycles. The first-order valence-corrected chi connectivity index (χ1v) is 5.80. The second kappa shape index (κ2) is 4.62. The predicted octanol–water partition coefficient (Wildman–Crippen LogP) is 3.09. The molecule has 0 N–H and O–H groups in total. The average molecular weight is 230 g/mol. The van der Waals surface area contributed by atoms with Crippen LogP contribution in [0.3, 0.4) is 0 Å². The number of benzene rings is 1. The van der Waals surface area contributed by atoms with E-state index in [1.165, 1.54) is 0 Å². The van der Waals surface area contributed by atoms with Crippen LogP contribution in [0.25, 0.3) is 10.9 Å². The summed E-state index contributed by atoms with van der Waals surface area (Å²) in [6, 6.07) is 8.12. The summed E-state index contributed by atoms with van der Waals surface area (Å²) in [6.07, 6.45) is 1.96. The van der Waals surface area contributed by atoms with Crippen molar-refractivity contribution < 1.29 is 4.74 Å². The Hall–Kier alpha value is -1.77. The normalized spacial score (nSPS) is 10.9. The van der Waals surface area contributed by atoms with Crippen molar-refractivity contribution in [1.82, 2.24) is 4.98 Å². The molecule has 2 aromatic rings. The van der Waals surface area contributed by atoms with Gasteiger partial charge in [-0.05, 0) is 38.1 Å². The highest BCUT2D eigenvalue weighted by atomic mass is 16.5. The molecule has 17 heavy (non-hydrogen) atoms. The molecule has 1 heterocycles. The largest absolute Gasteiger partial charge is 0.490 e. The van der Waals surface area contributed by atoms with Crippen molar-refractivity contribution in [1.29, 1.82) is 0 Å². The van der Waals surface area contributed by atoms with Crippen LogP contribution in [0.15, 0.2) is 30.5 Å². The number of nitrogens with zero attached hydrogens (tertiary/aromatic N) is 2. The summed E-state index contributed by atoms with van der Waals surface area (Å²) in [5, 5.41) is 1.06. The minimum Gasteiger partial charge on any atom is -0.490 e. The Labute approximate surface area is 102 Å². The highest BCUT2D eigenvalue weighted by molar-refractivity contribution is 5.88. The maximum absolute atomic E-state index is 5.80. The summed E-state index contributed by atoms with van der Waals surface area (Å²) >= 11 is 0. The molecule has 0 unspecified atom stereocenters. The van der Waals surface area contributed by atoms with Gasteiger partial charge in [0.05, 0.1) is 11.6 Å². The molecule has 90 valence electrons. The number of anilines is 1. The van der Waals surface area contributed by atoms with Crippen molar-refractivity contribution in [3.63, 3.8) is 0 Å². The van der Waals surface area contributed by atoms with Gasteiger partial charge in [-0.15, -0.1) is 0 Å². The van der Waals surface area contributed by atoms with Crippen LogP contribution in [0.4, 0.5) is 5.69 Å². The maximum atomic E-state index is 5.80. The summed E-state index contributed by atoms with van der Waals surface area (Å²) < 4.78 is 5.80. The fourth-order valence-corrected chi connectivity index (χ4v) is 1.74. The van der Waals surface area contributed by atoms with Crippen LogP contribution in [-0.4, -0.2) is 25.2 Å². The van der Waals surface area contributed by atoms with Crippen molar-refractivity contribution in [2.24, 2.45) is 0 Å².